The Kier molecular flexibility index (Phi) is 2.22. The molecule has 1 aromatic rings. The van der Waals surface area contributed by atoms with E-state index < -0.39 is 11.6 Å². The van der Waals surface area contributed by atoms with E-state index >= 15 is 0 Å². The van der Waals surface area contributed by atoms with Crippen molar-refractivity contribution in [2.24, 2.45) is 0 Å². The minimum Gasteiger partial charge on any atom is -0.207 e. The molecule has 0 heterocycles. The van der Waals surface area contributed by atoms with E-state index in [2.05, 4.69) is 11.8 Å². The Morgan fingerprint density at radius 3 is 2.64 bits per heavy atom. The van der Waals surface area contributed by atoms with Crippen LogP contribution in [-0.2, 0) is 0 Å². The van der Waals surface area contributed by atoms with E-state index in [1.54, 1.807) is 6.92 Å². The summed E-state index contributed by atoms with van der Waals surface area (Å²) in [7, 11) is 0. The molecule has 0 saturated carbocycles. The van der Waals surface area contributed by atoms with E-state index in [-0.39, 0.29) is 5.56 Å². The smallest absolute Gasteiger partial charge is 0.139 e. The van der Waals surface area contributed by atoms with Crippen molar-refractivity contribution in [1.29, 1.82) is 0 Å². The zero-order valence-corrected chi connectivity index (χ0v) is 5.99. The zero-order valence-electron chi connectivity index (χ0n) is 5.99. The van der Waals surface area contributed by atoms with Crippen LogP contribution in [0.3, 0.4) is 0 Å². The SMILES string of the molecule is CC#Cc1cc(F)ccc1F. The van der Waals surface area contributed by atoms with Crippen LogP contribution in [0.2, 0.25) is 0 Å². The van der Waals surface area contributed by atoms with Crippen LogP contribution in [0.1, 0.15) is 12.5 Å². The van der Waals surface area contributed by atoms with Gasteiger partial charge in [-0.2, -0.15) is 0 Å². The molecule has 0 unspecified atom stereocenters. The van der Waals surface area contributed by atoms with Gasteiger partial charge >= 0.3 is 0 Å². The lowest BCUT2D eigenvalue weighted by atomic mass is 10.2. The number of hydrogen-bond acceptors (Lipinski definition) is 0. The highest BCUT2D eigenvalue weighted by Crippen LogP contribution is 2.07. The summed E-state index contributed by atoms with van der Waals surface area (Å²) in [5, 5.41) is 0. The van der Waals surface area contributed by atoms with Gasteiger partial charge in [0.2, 0.25) is 0 Å². The Hall–Kier alpha value is -1.36. The lowest BCUT2D eigenvalue weighted by Gasteiger charge is -1.92. The molecule has 0 saturated heterocycles. The van der Waals surface area contributed by atoms with Gasteiger partial charge in [0, 0.05) is 0 Å². The van der Waals surface area contributed by atoms with Gasteiger partial charge in [-0.15, -0.1) is 5.92 Å². The molecule has 0 spiro atoms. The molecule has 0 fully saturated rings. The molecule has 0 nitrogen and oxygen atoms in total. The first-order chi connectivity index (χ1) is 5.24. The second-order valence-electron chi connectivity index (χ2n) is 2.00. The van der Waals surface area contributed by atoms with Crippen molar-refractivity contribution in [3.8, 4) is 11.8 Å². The molecule has 2 heteroatoms. The summed E-state index contributed by atoms with van der Waals surface area (Å²) >= 11 is 0. The maximum atomic E-state index is 12.7. The molecule has 0 aromatic heterocycles. The molecule has 0 N–H and O–H groups in total. The monoisotopic (exact) mass is 152 g/mol. The van der Waals surface area contributed by atoms with Crippen molar-refractivity contribution >= 4 is 0 Å². The van der Waals surface area contributed by atoms with Crippen LogP contribution in [0.4, 0.5) is 8.78 Å². The summed E-state index contributed by atoms with van der Waals surface area (Å²) in [6.07, 6.45) is 0. The summed E-state index contributed by atoms with van der Waals surface area (Å²) in [5.41, 5.74) is 0.104. The molecule has 1 aromatic carbocycles. The number of hydrogen-bond donors (Lipinski definition) is 0. The van der Waals surface area contributed by atoms with E-state index in [1.807, 2.05) is 0 Å². The van der Waals surface area contributed by atoms with Crippen LogP contribution in [0.15, 0.2) is 18.2 Å². The van der Waals surface area contributed by atoms with Gasteiger partial charge in [-0.25, -0.2) is 8.78 Å². The summed E-state index contributed by atoms with van der Waals surface area (Å²) < 4.78 is 25.1. The standard InChI is InChI=1S/C9H6F2/c1-2-3-7-6-8(10)4-5-9(7)11/h4-6H,1H3. The second-order valence-corrected chi connectivity index (χ2v) is 2.00. The second kappa shape index (κ2) is 3.16. The normalized spacial score (nSPS) is 8.64. The molecule has 0 aliphatic heterocycles. The lowest BCUT2D eigenvalue weighted by molar-refractivity contribution is 0.597. The van der Waals surface area contributed by atoms with Gasteiger partial charge in [-0.05, 0) is 25.1 Å². The van der Waals surface area contributed by atoms with E-state index in [9.17, 15) is 8.78 Å². The first kappa shape index (κ1) is 7.74. The number of benzene rings is 1. The van der Waals surface area contributed by atoms with Crippen molar-refractivity contribution in [3.63, 3.8) is 0 Å². The largest absolute Gasteiger partial charge is 0.207 e. The van der Waals surface area contributed by atoms with Crippen LogP contribution in [0.25, 0.3) is 0 Å². The Bertz CT molecular complexity index is 318. The summed E-state index contributed by atoms with van der Waals surface area (Å²) in [5.74, 6) is 3.99. The third kappa shape index (κ3) is 1.78. The van der Waals surface area contributed by atoms with E-state index in [0.717, 1.165) is 18.2 Å². The van der Waals surface area contributed by atoms with Crippen LogP contribution >= 0.6 is 0 Å². The minimum absolute atomic E-state index is 0.104. The Labute approximate surface area is 63.9 Å². The number of halogens is 2. The van der Waals surface area contributed by atoms with Crippen molar-refractivity contribution in [2.75, 3.05) is 0 Å². The van der Waals surface area contributed by atoms with Crippen LogP contribution in [0, 0.1) is 23.5 Å². The molecule has 0 bridgehead atoms. The summed E-state index contributed by atoms with van der Waals surface area (Å²) in [6, 6.07) is 3.21. The van der Waals surface area contributed by atoms with Gasteiger partial charge in [0.15, 0.2) is 0 Å². The van der Waals surface area contributed by atoms with Gasteiger partial charge in [0.1, 0.15) is 11.6 Å². The Morgan fingerprint density at radius 1 is 1.27 bits per heavy atom. The summed E-state index contributed by atoms with van der Waals surface area (Å²) in [6.45, 7) is 1.57. The van der Waals surface area contributed by atoms with Crippen molar-refractivity contribution in [3.05, 3.63) is 35.4 Å². The molecule has 11 heavy (non-hydrogen) atoms. The third-order valence-electron chi connectivity index (χ3n) is 1.19. The average molecular weight is 152 g/mol. The fourth-order valence-corrected chi connectivity index (χ4v) is 0.728. The van der Waals surface area contributed by atoms with Crippen molar-refractivity contribution in [1.82, 2.24) is 0 Å². The van der Waals surface area contributed by atoms with Crippen molar-refractivity contribution < 1.29 is 8.78 Å². The third-order valence-corrected chi connectivity index (χ3v) is 1.19. The zero-order chi connectivity index (χ0) is 8.27. The molecule has 1 rings (SSSR count). The topological polar surface area (TPSA) is 0 Å². The lowest BCUT2D eigenvalue weighted by Crippen LogP contribution is -1.84. The highest BCUT2D eigenvalue weighted by Gasteiger charge is 1.98. The fourth-order valence-electron chi connectivity index (χ4n) is 0.728. The molecular formula is C9H6F2. The van der Waals surface area contributed by atoms with E-state index in [0.29, 0.717) is 0 Å². The van der Waals surface area contributed by atoms with Gasteiger partial charge < -0.3 is 0 Å². The van der Waals surface area contributed by atoms with Crippen molar-refractivity contribution in [2.45, 2.75) is 6.92 Å². The van der Waals surface area contributed by atoms with Crippen LogP contribution in [-0.4, -0.2) is 0 Å². The quantitative estimate of drug-likeness (QED) is 0.500. The minimum atomic E-state index is -0.485. The molecule has 0 amide bonds. The maximum Gasteiger partial charge on any atom is 0.139 e. The molecule has 0 atom stereocenters. The molecule has 56 valence electrons. The highest BCUT2D eigenvalue weighted by atomic mass is 19.1. The van der Waals surface area contributed by atoms with Gasteiger partial charge in [-0.1, -0.05) is 5.92 Å². The summed E-state index contributed by atoms with van der Waals surface area (Å²) in [4.78, 5) is 0. The first-order valence-electron chi connectivity index (χ1n) is 3.12. The first-order valence-corrected chi connectivity index (χ1v) is 3.12. The highest BCUT2D eigenvalue weighted by molar-refractivity contribution is 5.35. The predicted molar refractivity (Wildman–Crippen MR) is 38.9 cm³/mol. The molecule has 0 aliphatic rings. The van der Waals surface area contributed by atoms with Gasteiger partial charge in [0.25, 0.3) is 0 Å². The average Bonchev–Trinajstić information content (AvgIpc) is 1.98. The van der Waals surface area contributed by atoms with E-state index in [1.165, 1.54) is 0 Å². The molecule has 0 aliphatic carbocycles. The van der Waals surface area contributed by atoms with Crippen LogP contribution in [0.5, 0.6) is 0 Å². The molecule has 0 radical (unpaired) electrons. The Balaban J connectivity index is 3.19. The maximum absolute atomic E-state index is 12.7. The van der Waals surface area contributed by atoms with E-state index in [4.69, 9.17) is 0 Å². The molecular weight excluding hydrogens is 146 g/mol. The number of rotatable bonds is 0. The van der Waals surface area contributed by atoms with Gasteiger partial charge in [0.05, 0.1) is 5.56 Å². The predicted octanol–water partition coefficient (Wildman–Crippen LogP) is 2.34. The Morgan fingerprint density at radius 2 is 2.00 bits per heavy atom. The van der Waals surface area contributed by atoms with Gasteiger partial charge in [-0.3, -0.25) is 0 Å². The van der Waals surface area contributed by atoms with Crippen LogP contribution < -0.4 is 0 Å². The fraction of sp³-hybridized carbons (Fsp3) is 0.111.